The quantitative estimate of drug-likeness (QED) is 0.690. The van der Waals surface area contributed by atoms with Crippen molar-refractivity contribution in [2.45, 2.75) is 33.9 Å². The molecule has 0 aliphatic carbocycles. The van der Waals surface area contributed by atoms with Crippen LogP contribution in [-0.2, 0) is 13.1 Å². The SMILES string of the molecule is C#CCn1c(=NC(=O)c2cc(C)n(CC)n2)sc2cc(C)ccc21. The van der Waals surface area contributed by atoms with E-state index in [0.29, 0.717) is 17.0 Å². The van der Waals surface area contributed by atoms with Crippen LogP contribution in [0, 0.1) is 26.2 Å². The van der Waals surface area contributed by atoms with Crippen molar-refractivity contribution in [1.82, 2.24) is 14.3 Å². The van der Waals surface area contributed by atoms with Crippen molar-refractivity contribution in [3.05, 3.63) is 46.0 Å². The van der Waals surface area contributed by atoms with Crippen LogP contribution in [0.15, 0.2) is 29.3 Å². The number of hydrogen-bond donors (Lipinski definition) is 0. The van der Waals surface area contributed by atoms with E-state index in [0.717, 1.165) is 28.0 Å². The van der Waals surface area contributed by atoms with Crippen LogP contribution < -0.4 is 4.80 Å². The minimum atomic E-state index is -0.348. The third kappa shape index (κ3) is 2.91. The van der Waals surface area contributed by atoms with Crippen molar-refractivity contribution in [1.29, 1.82) is 0 Å². The molecule has 0 radical (unpaired) electrons. The first-order valence-corrected chi connectivity index (χ1v) is 8.52. The summed E-state index contributed by atoms with van der Waals surface area (Å²) in [5, 5.41) is 4.30. The maximum absolute atomic E-state index is 12.5. The summed E-state index contributed by atoms with van der Waals surface area (Å²) in [5.74, 6) is 2.28. The largest absolute Gasteiger partial charge is 0.305 e. The molecule has 6 heteroatoms. The van der Waals surface area contributed by atoms with Crippen LogP contribution in [0.4, 0.5) is 0 Å². The Hall–Kier alpha value is -2.65. The van der Waals surface area contributed by atoms with Gasteiger partial charge >= 0.3 is 0 Å². The van der Waals surface area contributed by atoms with Gasteiger partial charge in [0.1, 0.15) is 0 Å². The zero-order valence-corrected chi connectivity index (χ0v) is 14.7. The monoisotopic (exact) mass is 338 g/mol. The summed E-state index contributed by atoms with van der Waals surface area (Å²) in [6.45, 7) is 7.04. The first kappa shape index (κ1) is 16.2. The van der Waals surface area contributed by atoms with E-state index in [4.69, 9.17) is 6.42 Å². The normalized spacial score (nSPS) is 11.8. The molecule has 3 rings (SSSR count). The molecular formula is C18H18N4OS. The Balaban J connectivity index is 2.13. The van der Waals surface area contributed by atoms with Crippen molar-refractivity contribution in [3.8, 4) is 12.3 Å². The molecule has 5 nitrogen and oxygen atoms in total. The number of rotatable bonds is 3. The molecule has 1 aromatic carbocycles. The standard InChI is InChI=1S/C18H18N4OS/c1-5-9-21-15-8-7-12(3)10-16(15)24-18(21)19-17(23)14-11-13(4)22(6-2)20-14/h1,7-8,10-11H,6,9H2,2-4H3. The molecule has 24 heavy (non-hydrogen) atoms. The molecule has 0 N–H and O–H groups in total. The Morgan fingerprint density at radius 3 is 2.83 bits per heavy atom. The third-order valence-corrected chi connectivity index (χ3v) is 4.83. The highest BCUT2D eigenvalue weighted by atomic mass is 32.1. The molecular weight excluding hydrogens is 320 g/mol. The molecule has 1 amide bonds. The molecule has 3 aromatic rings. The summed E-state index contributed by atoms with van der Waals surface area (Å²) >= 11 is 1.46. The van der Waals surface area contributed by atoms with Gasteiger partial charge in [0, 0.05) is 12.2 Å². The second kappa shape index (κ2) is 6.46. The van der Waals surface area contributed by atoms with Crippen LogP contribution in [0.5, 0.6) is 0 Å². The van der Waals surface area contributed by atoms with Crippen molar-refractivity contribution >= 4 is 27.5 Å². The predicted octanol–water partition coefficient (Wildman–Crippen LogP) is 2.91. The van der Waals surface area contributed by atoms with Crippen molar-refractivity contribution in [2.75, 3.05) is 0 Å². The molecule has 0 fully saturated rings. The lowest BCUT2D eigenvalue weighted by atomic mass is 10.2. The van der Waals surface area contributed by atoms with Crippen LogP contribution in [-0.4, -0.2) is 20.3 Å². The number of carbonyl (C=O) groups excluding carboxylic acids is 1. The van der Waals surface area contributed by atoms with Crippen LogP contribution in [0.3, 0.4) is 0 Å². The lowest BCUT2D eigenvalue weighted by molar-refractivity contribution is 0.0992. The van der Waals surface area contributed by atoms with Crippen LogP contribution in [0.2, 0.25) is 0 Å². The summed E-state index contributed by atoms with van der Waals surface area (Å²) in [6.07, 6.45) is 5.48. The topological polar surface area (TPSA) is 52.2 Å². The number of aryl methyl sites for hydroxylation is 3. The summed E-state index contributed by atoms with van der Waals surface area (Å²) in [5.41, 5.74) is 3.45. The molecule has 122 valence electrons. The van der Waals surface area contributed by atoms with Gasteiger partial charge < -0.3 is 4.57 Å². The molecule has 0 aliphatic rings. The Morgan fingerprint density at radius 1 is 1.38 bits per heavy atom. The van der Waals surface area contributed by atoms with Gasteiger partial charge in [-0.3, -0.25) is 9.48 Å². The van der Waals surface area contributed by atoms with Gasteiger partial charge in [-0.25, -0.2) is 0 Å². The van der Waals surface area contributed by atoms with Crippen molar-refractivity contribution in [2.24, 2.45) is 4.99 Å². The first-order chi connectivity index (χ1) is 11.5. The van der Waals surface area contributed by atoms with Gasteiger partial charge in [-0.1, -0.05) is 23.3 Å². The maximum Gasteiger partial charge on any atom is 0.300 e. The number of nitrogens with zero attached hydrogens (tertiary/aromatic N) is 4. The predicted molar refractivity (Wildman–Crippen MR) is 95.9 cm³/mol. The van der Waals surface area contributed by atoms with Crippen molar-refractivity contribution in [3.63, 3.8) is 0 Å². The van der Waals surface area contributed by atoms with Gasteiger partial charge in [-0.05, 0) is 44.5 Å². The summed E-state index contributed by atoms with van der Waals surface area (Å²) in [7, 11) is 0. The second-order valence-corrected chi connectivity index (χ2v) is 6.56. The molecule has 2 aromatic heterocycles. The Kier molecular flexibility index (Phi) is 4.36. The van der Waals surface area contributed by atoms with Gasteiger partial charge in [0.05, 0.1) is 16.8 Å². The molecule has 0 bridgehead atoms. The minimum absolute atomic E-state index is 0.348. The van der Waals surface area contributed by atoms with E-state index in [9.17, 15) is 4.79 Å². The highest BCUT2D eigenvalue weighted by Crippen LogP contribution is 2.19. The summed E-state index contributed by atoms with van der Waals surface area (Å²) < 4.78 is 4.74. The average molecular weight is 338 g/mol. The fourth-order valence-corrected chi connectivity index (χ4v) is 3.71. The van der Waals surface area contributed by atoms with E-state index >= 15 is 0 Å². The van der Waals surface area contributed by atoms with Gasteiger partial charge in [0.2, 0.25) is 0 Å². The molecule has 0 saturated carbocycles. The van der Waals surface area contributed by atoms with Gasteiger partial charge in [-0.2, -0.15) is 10.1 Å². The van der Waals surface area contributed by atoms with E-state index in [-0.39, 0.29) is 5.91 Å². The van der Waals surface area contributed by atoms with Crippen molar-refractivity contribution < 1.29 is 4.79 Å². The zero-order valence-electron chi connectivity index (χ0n) is 13.9. The van der Waals surface area contributed by atoms with Crippen LogP contribution in [0.25, 0.3) is 10.2 Å². The van der Waals surface area contributed by atoms with E-state index in [1.807, 2.05) is 37.5 Å². The Morgan fingerprint density at radius 2 is 2.17 bits per heavy atom. The van der Waals surface area contributed by atoms with Crippen LogP contribution >= 0.6 is 11.3 Å². The van der Waals surface area contributed by atoms with E-state index < -0.39 is 0 Å². The van der Waals surface area contributed by atoms with Gasteiger partial charge in [0.15, 0.2) is 10.5 Å². The third-order valence-electron chi connectivity index (χ3n) is 3.78. The lowest BCUT2D eigenvalue weighted by Crippen LogP contribution is -2.16. The van der Waals surface area contributed by atoms with Gasteiger partial charge in [-0.15, -0.1) is 6.42 Å². The number of terminal acetylenes is 1. The highest BCUT2D eigenvalue weighted by Gasteiger charge is 2.13. The molecule has 0 atom stereocenters. The number of fused-ring (bicyclic) bond motifs is 1. The van der Waals surface area contributed by atoms with E-state index in [1.165, 1.54) is 11.3 Å². The zero-order chi connectivity index (χ0) is 17.3. The molecule has 0 spiro atoms. The fraction of sp³-hybridized carbons (Fsp3) is 0.278. The average Bonchev–Trinajstić information content (AvgIpc) is 3.08. The number of benzene rings is 1. The number of carbonyl (C=O) groups is 1. The first-order valence-electron chi connectivity index (χ1n) is 7.70. The maximum atomic E-state index is 12.5. The second-order valence-electron chi connectivity index (χ2n) is 5.55. The minimum Gasteiger partial charge on any atom is -0.305 e. The summed E-state index contributed by atoms with van der Waals surface area (Å²) in [4.78, 5) is 17.4. The molecule has 0 aliphatic heterocycles. The number of aromatic nitrogens is 3. The highest BCUT2D eigenvalue weighted by molar-refractivity contribution is 7.16. The van der Waals surface area contributed by atoms with Crippen LogP contribution in [0.1, 0.15) is 28.7 Å². The number of amides is 1. The van der Waals surface area contributed by atoms with E-state index in [2.05, 4.69) is 22.1 Å². The summed E-state index contributed by atoms with van der Waals surface area (Å²) in [6, 6.07) is 7.88. The smallest absolute Gasteiger partial charge is 0.300 e. The van der Waals surface area contributed by atoms with Gasteiger partial charge in [0.25, 0.3) is 5.91 Å². The Bertz CT molecular complexity index is 1030. The lowest BCUT2D eigenvalue weighted by Gasteiger charge is -1.99. The Labute approximate surface area is 144 Å². The van der Waals surface area contributed by atoms with E-state index in [1.54, 1.807) is 10.7 Å². The fourth-order valence-electron chi connectivity index (χ4n) is 2.59. The molecule has 0 saturated heterocycles. The molecule has 0 unspecified atom stereocenters. The molecule has 2 heterocycles. The number of hydrogen-bond acceptors (Lipinski definition) is 3. The number of thiazole rings is 1.